The number of anilines is 1. The number of carbonyl (C=O) groups is 1. The highest BCUT2D eigenvalue weighted by Crippen LogP contribution is 2.32. The van der Waals surface area contributed by atoms with E-state index in [1.165, 1.54) is 23.2 Å². The summed E-state index contributed by atoms with van der Waals surface area (Å²) in [6.07, 6.45) is 7.22. The van der Waals surface area contributed by atoms with Crippen LogP contribution in [0.3, 0.4) is 0 Å². The minimum absolute atomic E-state index is 0.112. The molecule has 1 N–H and O–H groups in total. The zero-order valence-corrected chi connectivity index (χ0v) is 24.8. The second-order valence-electron chi connectivity index (χ2n) is 11.2. The average Bonchev–Trinajstić information content (AvgIpc) is 3.33. The van der Waals surface area contributed by atoms with E-state index in [0.29, 0.717) is 16.7 Å². The van der Waals surface area contributed by atoms with Crippen molar-refractivity contribution in [2.75, 3.05) is 11.9 Å². The van der Waals surface area contributed by atoms with Gasteiger partial charge in [0.25, 0.3) is 11.5 Å². The van der Waals surface area contributed by atoms with Crippen LogP contribution < -0.4 is 15.6 Å². The van der Waals surface area contributed by atoms with Crippen molar-refractivity contribution in [3.63, 3.8) is 0 Å². The van der Waals surface area contributed by atoms with Gasteiger partial charge in [0.05, 0.1) is 22.8 Å². The highest BCUT2D eigenvalue weighted by Gasteiger charge is 2.22. The molecule has 2 heterocycles. The lowest BCUT2D eigenvalue weighted by Gasteiger charge is -2.22. The molecule has 0 saturated heterocycles. The second kappa shape index (κ2) is 12.7. The minimum Gasteiger partial charge on any atom is -0.484 e. The number of aryl methyl sites for hydroxylation is 1. The highest BCUT2D eigenvalue weighted by atomic mass is 19.1. The van der Waals surface area contributed by atoms with Crippen molar-refractivity contribution in [2.45, 2.75) is 51.9 Å². The van der Waals surface area contributed by atoms with Crippen molar-refractivity contribution >= 4 is 28.7 Å². The summed E-state index contributed by atoms with van der Waals surface area (Å²) in [7, 11) is 0. The van der Waals surface area contributed by atoms with Gasteiger partial charge >= 0.3 is 0 Å². The minimum atomic E-state index is -0.502. The molecule has 224 valence electrons. The summed E-state index contributed by atoms with van der Waals surface area (Å²) < 4.78 is 23.0. The van der Waals surface area contributed by atoms with Crippen LogP contribution in [-0.2, 0) is 4.79 Å². The normalized spacial score (nSPS) is 13.9. The fourth-order valence-electron chi connectivity index (χ4n) is 5.90. The molecule has 1 aliphatic carbocycles. The zero-order chi connectivity index (χ0) is 30.6. The third-order valence-corrected chi connectivity index (χ3v) is 8.14. The predicted octanol–water partition coefficient (Wildman–Crippen LogP) is 6.89. The number of fused-ring (bicyclic) bond motifs is 1. The summed E-state index contributed by atoms with van der Waals surface area (Å²) in [6.45, 7) is 3.77. The van der Waals surface area contributed by atoms with Gasteiger partial charge in [-0.1, -0.05) is 43.5 Å². The first-order valence-electron chi connectivity index (χ1n) is 14.9. The number of aromatic nitrogens is 3. The van der Waals surface area contributed by atoms with Crippen molar-refractivity contribution in [1.82, 2.24) is 14.2 Å². The Balaban J connectivity index is 1.21. The predicted molar refractivity (Wildman–Crippen MR) is 171 cm³/mol. The number of halogens is 1. The molecule has 1 amide bonds. The molecule has 3 aromatic carbocycles. The van der Waals surface area contributed by atoms with Crippen LogP contribution in [0.4, 0.5) is 10.1 Å². The first kappa shape index (κ1) is 29.0. The summed E-state index contributed by atoms with van der Waals surface area (Å²) in [5, 5.41) is 7.79. The van der Waals surface area contributed by atoms with Gasteiger partial charge in [-0.15, -0.1) is 0 Å². The Labute approximate surface area is 254 Å². The molecule has 6 rings (SSSR count). The molecule has 2 aromatic heterocycles. The number of rotatable bonds is 8. The van der Waals surface area contributed by atoms with Crippen LogP contribution in [0.15, 0.2) is 88.8 Å². The van der Waals surface area contributed by atoms with E-state index in [-0.39, 0.29) is 23.8 Å². The van der Waals surface area contributed by atoms with Crippen molar-refractivity contribution in [1.29, 1.82) is 0 Å². The van der Waals surface area contributed by atoms with Crippen LogP contribution in [-0.4, -0.2) is 33.0 Å². The average molecular weight is 592 g/mol. The summed E-state index contributed by atoms with van der Waals surface area (Å²) in [6, 6.07) is 22.9. The summed E-state index contributed by atoms with van der Waals surface area (Å²) in [4.78, 5) is 30.7. The zero-order valence-electron chi connectivity index (χ0n) is 24.8. The number of hydrogen-bond donors (Lipinski definition) is 1. The molecule has 5 aromatic rings. The maximum absolute atomic E-state index is 13.8. The third-order valence-electron chi connectivity index (χ3n) is 8.14. The number of nitrogens with zero attached hydrogens (tertiary/aromatic N) is 4. The molecule has 0 aliphatic heterocycles. The summed E-state index contributed by atoms with van der Waals surface area (Å²) >= 11 is 0. The Hall–Kier alpha value is -5.05. The molecular weight excluding hydrogens is 557 g/mol. The molecule has 9 heteroatoms. The fourth-order valence-corrected chi connectivity index (χ4v) is 5.90. The maximum atomic E-state index is 13.8. The molecule has 0 spiro atoms. The second-order valence-corrected chi connectivity index (χ2v) is 11.2. The molecular formula is C35H34FN5O3. The van der Waals surface area contributed by atoms with E-state index in [0.717, 1.165) is 54.1 Å². The van der Waals surface area contributed by atoms with Gasteiger partial charge in [-0.05, 0) is 81.3 Å². The number of nitrogens with one attached hydrogen (secondary N) is 1. The number of amides is 1. The van der Waals surface area contributed by atoms with E-state index in [2.05, 4.69) is 9.88 Å². The van der Waals surface area contributed by atoms with Gasteiger partial charge in [0.1, 0.15) is 17.4 Å². The number of para-hydroxylation sites is 2. The molecule has 0 radical (unpaired) electrons. The fraction of sp³-hybridized carbons (Fsp3) is 0.257. The summed E-state index contributed by atoms with van der Waals surface area (Å²) in [5.41, 5.74) is 4.43. The van der Waals surface area contributed by atoms with Gasteiger partial charge in [-0.25, -0.2) is 9.37 Å². The van der Waals surface area contributed by atoms with Gasteiger partial charge in [0.2, 0.25) is 0 Å². The number of ether oxygens (including phenoxy) is 1. The van der Waals surface area contributed by atoms with Crippen molar-refractivity contribution < 1.29 is 13.9 Å². The molecule has 0 unspecified atom stereocenters. The van der Waals surface area contributed by atoms with Crippen molar-refractivity contribution in [2.24, 2.45) is 5.10 Å². The maximum Gasteiger partial charge on any atom is 0.282 e. The van der Waals surface area contributed by atoms with Gasteiger partial charge in [0, 0.05) is 28.6 Å². The molecule has 0 bridgehead atoms. The highest BCUT2D eigenvalue weighted by molar-refractivity contribution is 5.92. The SMILES string of the molecule is Cc1cc(C=Nn2c(C3CCCCC3)nc3ccccc3c2=O)c(C)n1-c1ccc(OCC(=O)Nc2ccccc2F)cc1. The van der Waals surface area contributed by atoms with E-state index in [4.69, 9.17) is 14.8 Å². The van der Waals surface area contributed by atoms with Crippen LogP contribution in [0, 0.1) is 19.7 Å². The molecule has 0 atom stereocenters. The van der Waals surface area contributed by atoms with Crippen molar-refractivity contribution in [3.05, 3.63) is 118 Å². The summed E-state index contributed by atoms with van der Waals surface area (Å²) in [5.74, 6) is 0.499. The smallest absolute Gasteiger partial charge is 0.282 e. The van der Waals surface area contributed by atoms with Gasteiger partial charge < -0.3 is 14.6 Å². The molecule has 1 aliphatic rings. The molecule has 1 saturated carbocycles. The lowest BCUT2D eigenvalue weighted by atomic mass is 9.88. The first-order valence-corrected chi connectivity index (χ1v) is 14.9. The van der Waals surface area contributed by atoms with Crippen molar-refractivity contribution in [3.8, 4) is 11.4 Å². The van der Waals surface area contributed by atoms with Crippen LogP contribution in [0.5, 0.6) is 5.75 Å². The van der Waals surface area contributed by atoms with Gasteiger partial charge in [0.15, 0.2) is 6.61 Å². The quantitative estimate of drug-likeness (QED) is 0.199. The Bertz CT molecular complexity index is 1900. The Morgan fingerprint density at radius 1 is 1.02 bits per heavy atom. The van der Waals surface area contributed by atoms with Gasteiger partial charge in [-0.2, -0.15) is 9.78 Å². The van der Waals surface area contributed by atoms with Crippen LogP contribution in [0.2, 0.25) is 0 Å². The third kappa shape index (κ3) is 6.04. The number of carbonyl (C=O) groups excluding carboxylic acids is 1. The molecule has 1 fully saturated rings. The van der Waals surface area contributed by atoms with E-state index >= 15 is 0 Å². The van der Waals surface area contributed by atoms with E-state index in [1.54, 1.807) is 36.5 Å². The Kier molecular flexibility index (Phi) is 8.36. The lowest BCUT2D eigenvalue weighted by Crippen LogP contribution is -2.25. The monoisotopic (exact) mass is 591 g/mol. The molecule has 8 nitrogen and oxygen atoms in total. The lowest BCUT2D eigenvalue weighted by molar-refractivity contribution is -0.118. The van der Waals surface area contributed by atoms with E-state index < -0.39 is 11.7 Å². The Morgan fingerprint density at radius 2 is 1.75 bits per heavy atom. The largest absolute Gasteiger partial charge is 0.484 e. The standard InChI is InChI=1S/C35H34FN5O3/c1-23-20-26(21-37-41-34(25-10-4-3-5-11-25)39-31-14-8-6-12-29(31)35(41)43)24(2)40(23)27-16-18-28(19-17-27)44-22-33(42)38-32-15-9-7-13-30(32)36/h6-9,12-21,25H,3-5,10-11,22H2,1-2H3,(H,38,42). The number of hydrogen-bond acceptors (Lipinski definition) is 5. The topological polar surface area (TPSA) is 90.5 Å². The molecule has 44 heavy (non-hydrogen) atoms. The Morgan fingerprint density at radius 3 is 2.52 bits per heavy atom. The van der Waals surface area contributed by atoms with Gasteiger partial charge in [-0.3, -0.25) is 9.59 Å². The van der Waals surface area contributed by atoms with E-state index in [9.17, 15) is 14.0 Å². The van der Waals surface area contributed by atoms with Crippen LogP contribution in [0.25, 0.3) is 16.6 Å². The van der Waals surface area contributed by atoms with Crippen LogP contribution in [0.1, 0.15) is 60.8 Å². The number of benzene rings is 3. The van der Waals surface area contributed by atoms with E-state index in [1.807, 2.05) is 50.2 Å². The van der Waals surface area contributed by atoms with Crippen LogP contribution >= 0.6 is 0 Å². The first-order chi connectivity index (χ1) is 21.4.